The normalized spacial score (nSPS) is 19.6. The molecule has 1 saturated heterocycles. The third-order valence-corrected chi connectivity index (χ3v) is 5.55. The van der Waals surface area contributed by atoms with Gasteiger partial charge < -0.3 is 15.0 Å². The van der Waals surface area contributed by atoms with Crippen LogP contribution in [0.2, 0.25) is 0 Å². The van der Waals surface area contributed by atoms with Gasteiger partial charge in [-0.2, -0.15) is 5.10 Å². The molecule has 2 aliphatic rings. The molecule has 2 aromatic rings. The number of benzene rings is 1. The Balaban J connectivity index is 1.26. The number of hydrogen-bond donors (Lipinski definition) is 1. The average Bonchev–Trinajstić information content (AvgIpc) is 3.15. The second-order valence-electron chi connectivity index (χ2n) is 7.47. The molecule has 27 heavy (non-hydrogen) atoms. The fraction of sp³-hybridized carbons (Fsp3) is 0.524. The Hall–Kier alpha value is -2.34. The molecular weight excluding hydrogens is 340 g/mol. The van der Waals surface area contributed by atoms with E-state index in [-0.39, 0.29) is 12.1 Å². The zero-order valence-corrected chi connectivity index (χ0v) is 15.8. The van der Waals surface area contributed by atoms with Crippen LogP contribution in [0.5, 0.6) is 0 Å². The van der Waals surface area contributed by atoms with Crippen molar-refractivity contribution < 1.29 is 9.53 Å². The number of ether oxygens (including phenoxy) is 1. The first kappa shape index (κ1) is 18.0. The SMILES string of the molecule is O=C(OCc1ccccc1)N1CCN[C@H](CCn2ncc3c2CCCC3)C1. The summed E-state index contributed by atoms with van der Waals surface area (Å²) in [4.78, 5) is 14.2. The molecule has 4 rings (SSSR count). The molecule has 2 heterocycles. The van der Waals surface area contributed by atoms with Crippen molar-refractivity contribution in [1.82, 2.24) is 20.0 Å². The van der Waals surface area contributed by atoms with Gasteiger partial charge in [-0.15, -0.1) is 0 Å². The summed E-state index contributed by atoms with van der Waals surface area (Å²) in [6.07, 6.45) is 7.64. The second kappa shape index (κ2) is 8.57. The lowest BCUT2D eigenvalue weighted by molar-refractivity contribution is 0.0837. The van der Waals surface area contributed by atoms with Gasteiger partial charge in [-0.3, -0.25) is 4.68 Å². The minimum Gasteiger partial charge on any atom is -0.445 e. The van der Waals surface area contributed by atoms with E-state index < -0.39 is 0 Å². The molecular formula is C21H28N4O2. The molecule has 1 atom stereocenters. The van der Waals surface area contributed by atoms with E-state index in [1.807, 2.05) is 41.4 Å². The highest BCUT2D eigenvalue weighted by Gasteiger charge is 2.24. The van der Waals surface area contributed by atoms with Crippen LogP contribution in [0.25, 0.3) is 0 Å². The molecule has 1 aromatic carbocycles. The van der Waals surface area contributed by atoms with Gasteiger partial charge in [0.2, 0.25) is 0 Å². The highest BCUT2D eigenvalue weighted by atomic mass is 16.6. The van der Waals surface area contributed by atoms with Crippen molar-refractivity contribution >= 4 is 6.09 Å². The number of nitrogens with zero attached hydrogens (tertiary/aromatic N) is 3. The first-order valence-electron chi connectivity index (χ1n) is 10.0. The minimum atomic E-state index is -0.221. The topological polar surface area (TPSA) is 59.4 Å². The Morgan fingerprint density at radius 3 is 2.96 bits per heavy atom. The van der Waals surface area contributed by atoms with Crippen molar-refractivity contribution in [2.45, 2.75) is 51.3 Å². The summed E-state index contributed by atoms with van der Waals surface area (Å²) in [5.74, 6) is 0. The predicted octanol–water partition coefficient (Wildman–Crippen LogP) is 2.76. The van der Waals surface area contributed by atoms with Gasteiger partial charge in [0.05, 0.1) is 6.20 Å². The lowest BCUT2D eigenvalue weighted by Gasteiger charge is -2.33. The van der Waals surface area contributed by atoms with Crippen LogP contribution >= 0.6 is 0 Å². The molecule has 0 spiro atoms. The van der Waals surface area contributed by atoms with Gasteiger partial charge in [0.15, 0.2) is 0 Å². The van der Waals surface area contributed by atoms with Crippen molar-refractivity contribution in [1.29, 1.82) is 0 Å². The summed E-state index contributed by atoms with van der Waals surface area (Å²) in [6.45, 7) is 3.42. The Kier molecular flexibility index (Phi) is 5.72. The summed E-state index contributed by atoms with van der Waals surface area (Å²) >= 11 is 0. The number of piperazine rings is 1. The van der Waals surface area contributed by atoms with Crippen molar-refractivity contribution in [2.24, 2.45) is 0 Å². The molecule has 1 amide bonds. The van der Waals surface area contributed by atoms with E-state index in [1.54, 1.807) is 0 Å². The van der Waals surface area contributed by atoms with Gasteiger partial charge in [0, 0.05) is 37.9 Å². The average molecular weight is 368 g/mol. The molecule has 0 bridgehead atoms. The zero-order valence-electron chi connectivity index (χ0n) is 15.8. The van der Waals surface area contributed by atoms with Crippen LogP contribution in [0, 0.1) is 0 Å². The number of rotatable bonds is 5. The van der Waals surface area contributed by atoms with Gasteiger partial charge in [0.1, 0.15) is 6.61 Å². The quantitative estimate of drug-likeness (QED) is 0.882. The monoisotopic (exact) mass is 368 g/mol. The molecule has 1 N–H and O–H groups in total. The van der Waals surface area contributed by atoms with Gasteiger partial charge in [0.25, 0.3) is 0 Å². The molecule has 0 radical (unpaired) electrons. The van der Waals surface area contributed by atoms with Crippen LogP contribution in [0.3, 0.4) is 0 Å². The number of fused-ring (bicyclic) bond motifs is 1. The van der Waals surface area contributed by atoms with Crippen molar-refractivity contribution in [3.05, 3.63) is 53.3 Å². The Morgan fingerprint density at radius 1 is 1.22 bits per heavy atom. The second-order valence-corrected chi connectivity index (χ2v) is 7.47. The van der Waals surface area contributed by atoms with Crippen LogP contribution in [0.15, 0.2) is 36.5 Å². The van der Waals surface area contributed by atoms with Crippen LogP contribution in [-0.2, 0) is 30.7 Å². The maximum absolute atomic E-state index is 12.4. The van der Waals surface area contributed by atoms with E-state index in [0.717, 1.165) is 37.9 Å². The molecule has 6 heteroatoms. The standard InChI is InChI=1S/C21H28N4O2/c26-21(27-16-17-6-2-1-3-7-17)24-13-11-22-19(15-24)10-12-25-20-9-5-4-8-18(20)14-23-25/h1-3,6-7,14,19,22H,4-5,8-13,15-16H2/t19-/m1/s1. The number of aryl methyl sites for hydroxylation is 2. The highest BCUT2D eigenvalue weighted by Crippen LogP contribution is 2.21. The maximum atomic E-state index is 12.4. The number of carbonyl (C=O) groups is 1. The molecule has 6 nitrogen and oxygen atoms in total. The summed E-state index contributed by atoms with van der Waals surface area (Å²) in [5.41, 5.74) is 3.85. The number of carbonyl (C=O) groups excluding carboxylic acids is 1. The lowest BCUT2D eigenvalue weighted by atomic mass is 9.98. The van der Waals surface area contributed by atoms with Crippen LogP contribution in [0.1, 0.15) is 36.1 Å². The van der Waals surface area contributed by atoms with Gasteiger partial charge in [-0.25, -0.2) is 4.79 Å². The van der Waals surface area contributed by atoms with Gasteiger partial charge in [-0.1, -0.05) is 30.3 Å². The van der Waals surface area contributed by atoms with E-state index in [4.69, 9.17) is 4.74 Å². The molecule has 144 valence electrons. The number of hydrogen-bond acceptors (Lipinski definition) is 4. The highest BCUT2D eigenvalue weighted by molar-refractivity contribution is 5.67. The Labute approximate surface area is 160 Å². The summed E-state index contributed by atoms with van der Waals surface area (Å²) in [6, 6.07) is 10.1. The van der Waals surface area contributed by atoms with Crippen LogP contribution in [0.4, 0.5) is 4.79 Å². The third-order valence-electron chi connectivity index (χ3n) is 5.55. The minimum absolute atomic E-state index is 0.221. The number of aromatic nitrogens is 2. The molecule has 1 fully saturated rings. The van der Waals surface area contributed by atoms with E-state index in [1.165, 1.54) is 24.1 Å². The van der Waals surface area contributed by atoms with Crippen molar-refractivity contribution in [2.75, 3.05) is 19.6 Å². The first-order valence-corrected chi connectivity index (χ1v) is 10.0. The number of amides is 1. The predicted molar refractivity (Wildman–Crippen MR) is 103 cm³/mol. The molecule has 0 saturated carbocycles. The van der Waals surface area contributed by atoms with Crippen LogP contribution in [-0.4, -0.2) is 46.4 Å². The van der Waals surface area contributed by atoms with Gasteiger partial charge >= 0.3 is 6.09 Å². The van der Waals surface area contributed by atoms with E-state index in [0.29, 0.717) is 19.7 Å². The summed E-state index contributed by atoms with van der Waals surface area (Å²) in [5, 5.41) is 8.11. The smallest absolute Gasteiger partial charge is 0.410 e. The van der Waals surface area contributed by atoms with E-state index in [9.17, 15) is 4.79 Å². The largest absolute Gasteiger partial charge is 0.445 e. The maximum Gasteiger partial charge on any atom is 0.410 e. The molecule has 0 unspecified atom stereocenters. The van der Waals surface area contributed by atoms with Gasteiger partial charge in [-0.05, 0) is 43.2 Å². The first-order chi connectivity index (χ1) is 13.3. The van der Waals surface area contributed by atoms with Crippen LogP contribution < -0.4 is 5.32 Å². The van der Waals surface area contributed by atoms with Crippen molar-refractivity contribution in [3.8, 4) is 0 Å². The molecule has 1 aliphatic heterocycles. The summed E-state index contributed by atoms with van der Waals surface area (Å²) < 4.78 is 7.65. The fourth-order valence-electron chi connectivity index (χ4n) is 4.02. The third kappa shape index (κ3) is 4.50. The summed E-state index contributed by atoms with van der Waals surface area (Å²) in [7, 11) is 0. The molecule has 1 aromatic heterocycles. The van der Waals surface area contributed by atoms with E-state index >= 15 is 0 Å². The van der Waals surface area contributed by atoms with E-state index in [2.05, 4.69) is 15.1 Å². The Bertz CT molecular complexity index is 759. The number of nitrogens with one attached hydrogen (secondary N) is 1. The Morgan fingerprint density at radius 2 is 2.07 bits per heavy atom. The molecule has 1 aliphatic carbocycles. The lowest BCUT2D eigenvalue weighted by Crippen LogP contribution is -2.53. The zero-order chi connectivity index (χ0) is 18.5. The van der Waals surface area contributed by atoms with Crippen molar-refractivity contribution in [3.63, 3.8) is 0 Å². The fourth-order valence-corrected chi connectivity index (χ4v) is 4.02.